The van der Waals surface area contributed by atoms with Gasteiger partial charge in [-0.2, -0.15) is 0 Å². The van der Waals surface area contributed by atoms with E-state index >= 15 is 0 Å². The summed E-state index contributed by atoms with van der Waals surface area (Å²) in [5.74, 6) is -0.0665. The van der Waals surface area contributed by atoms with Crippen molar-refractivity contribution in [2.75, 3.05) is 0 Å². The number of alkyl halides is 1. The molecular weight excluding hydrogens is 273 g/mol. The quantitative estimate of drug-likeness (QED) is 0.848. The van der Waals surface area contributed by atoms with Crippen LogP contribution >= 0.6 is 15.9 Å². The van der Waals surface area contributed by atoms with Crippen molar-refractivity contribution in [1.29, 1.82) is 0 Å². The van der Waals surface area contributed by atoms with E-state index in [1.165, 1.54) is 12.1 Å². The van der Waals surface area contributed by atoms with Crippen LogP contribution in [0, 0.1) is 11.7 Å². The number of carbonyl (C=O) groups is 1. The van der Waals surface area contributed by atoms with E-state index in [0.717, 1.165) is 5.56 Å². The fourth-order valence-electron chi connectivity index (χ4n) is 1.19. The van der Waals surface area contributed by atoms with Crippen LogP contribution in [0.3, 0.4) is 0 Å². The molecule has 4 heteroatoms. The molecule has 0 saturated heterocycles. The summed E-state index contributed by atoms with van der Waals surface area (Å²) in [5.41, 5.74) is 0.887. The molecule has 16 heavy (non-hydrogen) atoms. The third kappa shape index (κ3) is 3.93. The minimum Gasteiger partial charge on any atom is -0.351 e. The van der Waals surface area contributed by atoms with Crippen molar-refractivity contribution in [3.05, 3.63) is 35.6 Å². The Labute approximate surface area is 103 Å². The highest BCUT2D eigenvalue weighted by atomic mass is 79.9. The predicted octanol–water partition coefficient (Wildman–Crippen LogP) is 2.86. The van der Waals surface area contributed by atoms with Crippen LogP contribution in [-0.4, -0.2) is 10.7 Å². The first kappa shape index (κ1) is 13.2. The molecule has 1 aromatic carbocycles. The Morgan fingerprint density at radius 2 is 1.94 bits per heavy atom. The maximum absolute atomic E-state index is 12.6. The highest BCUT2D eigenvalue weighted by Gasteiger charge is 2.17. The molecule has 0 spiro atoms. The lowest BCUT2D eigenvalue weighted by atomic mass is 10.1. The summed E-state index contributed by atoms with van der Waals surface area (Å²) in [6.45, 7) is 4.36. The van der Waals surface area contributed by atoms with E-state index in [1.807, 2.05) is 13.8 Å². The molecular formula is C12H15BrFNO. The normalized spacial score (nSPS) is 12.6. The van der Waals surface area contributed by atoms with E-state index in [9.17, 15) is 9.18 Å². The Kier molecular flexibility index (Phi) is 4.93. The van der Waals surface area contributed by atoms with E-state index in [0.29, 0.717) is 6.54 Å². The monoisotopic (exact) mass is 287 g/mol. The van der Waals surface area contributed by atoms with E-state index in [-0.39, 0.29) is 22.5 Å². The van der Waals surface area contributed by atoms with E-state index < -0.39 is 0 Å². The molecule has 0 aromatic heterocycles. The van der Waals surface area contributed by atoms with Gasteiger partial charge in [-0.3, -0.25) is 4.79 Å². The maximum Gasteiger partial charge on any atom is 0.234 e. The number of benzene rings is 1. The molecule has 0 heterocycles. The topological polar surface area (TPSA) is 29.1 Å². The molecule has 1 N–H and O–H groups in total. The van der Waals surface area contributed by atoms with Crippen LogP contribution in [0.1, 0.15) is 19.4 Å². The molecule has 0 aliphatic carbocycles. The highest BCUT2D eigenvalue weighted by molar-refractivity contribution is 9.10. The second kappa shape index (κ2) is 5.99. The number of rotatable bonds is 4. The molecule has 0 saturated carbocycles. The third-order valence-corrected chi connectivity index (χ3v) is 3.69. The van der Waals surface area contributed by atoms with Gasteiger partial charge in [0.1, 0.15) is 5.82 Å². The first-order chi connectivity index (χ1) is 7.50. The van der Waals surface area contributed by atoms with E-state index in [2.05, 4.69) is 21.2 Å². The minimum absolute atomic E-state index is 0.0423. The number of carbonyl (C=O) groups excluding carboxylic acids is 1. The summed E-state index contributed by atoms with van der Waals surface area (Å²) < 4.78 is 12.6. The molecule has 2 nitrogen and oxygen atoms in total. The van der Waals surface area contributed by atoms with Gasteiger partial charge in [0.05, 0.1) is 4.83 Å². The summed E-state index contributed by atoms with van der Waals surface area (Å²) in [6.07, 6.45) is 0. The molecule has 1 unspecified atom stereocenters. The van der Waals surface area contributed by atoms with Crippen molar-refractivity contribution in [1.82, 2.24) is 5.32 Å². The van der Waals surface area contributed by atoms with Gasteiger partial charge in [0, 0.05) is 6.54 Å². The van der Waals surface area contributed by atoms with Crippen LogP contribution in [-0.2, 0) is 11.3 Å². The van der Waals surface area contributed by atoms with Gasteiger partial charge in [0.25, 0.3) is 0 Å². The Bertz CT molecular complexity index is 351. The van der Waals surface area contributed by atoms with Crippen molar-refractivity contribution in [2.45, 2.75) is 25.2 Å². The molecule has 1 aromatic rings. The van der Waals surface area contributed by atoms with Gasteiger partial charge < -0.3 is 5.32 Å². The van der Waals surface area contributed by atoms with Crippen LogP contribution in [0.4, 0.5) is 4.39 Å². The Morgan fingerprint density at radius 3 is 2.44 bits per heavy atom. The van der Waals surface area contributed by atoms with Gasteiger partial charge in [0.2, 0.25) is 5.91 Å². The molecule has 0 fully saturated rings. The number of amides is 1. The van der Waals surface area contributed by atoms with Gasteiger partial charge in [-0.05, 0) is 23.6 Å². The van der Waals surface area contributed by atoms with Crippen LogP contribution in [0.2, 0.25) is 0 Å². The molecule has 88 valence electrons. The van der Waals surface area contributed by atoms with Gasteiger partial charge in [0.15, 0.2) is 0 Å². The first-order valence-corrected chi connectivity index (χ1v) is 6.08. The van der Waals surface area contributed by atoms with Gasteiger partial charge >= 0.3 is 0 Å². The van der Waals surface area contributed by atoms with Crippen LogP contribution in [0.5, 0.6) is 0 Å². The zero-order valence-electron chi connectivity index (χ0n) is 9.34. The second-order valence-electron chi connectivity index (χ2n) is 3.99. The number of hydrogen-bond acceptors (Lipinski definition) is 1. The summed E-state index contributed by atoms with van der Waals surface area (Å²) in [7, 11) is 0. The standard InChI is InChI=1S/C12H15BrFNO/c1-8(2)11(13)12(16)15-7-9-3-5-10(14)6-4-9/h3-6,8,11H,7H2,1-2H3,(H,15,16). The summed E-state index contributed by atoms with van der Waals surface area (Å²) in [4.78, 5) is 11.4. The number of halogens is 2. The SMILES string of the molecule is CC(C)C(Br)C(=O)NCc1ccc(F)cc1. The fourth-order valence-corrected chi connectivity index (χ4v) is 1.35. The molecule has 0 bridgehead atoms. The first-order valence-electron chi connectivity index (χ1n) is 5.17. The smallest absolute Gasteiger partial charge is 0.234 e. The lowest BCUT2D eigenvalue weighted by Crippen LogP contribution is -2.33. The molecule has 0 aliphatic rings. The molecule has 1 atom stereocenters. The van der Waals surface area contributed by atoms with Gasteiger partial charge in [-0.1, -0.05) is 41.9 Å². The van der Waals surface area contributed by atoms with Crippen LogP contribution in [0.15, 0.2) is 24.3 Å². The lowest BCUT2D eigenvalue weighted by Gasteiger charge is -2.13. The van der Waals surface area contributed by atoms with E-state index in [1.54, 1.807) is 12.1 Å². The number of nitrogens with one attached hydrogen (secondary N) is 1. The molecule has 1 rings (SSSR count). The molecule has 1 amide bonds. The summed E-state index contributed by atoms with van der Waals surface area (Å²) in [5, 5.41) is 2.79. The Hall–Kier alpha value is -0.900. The zero-order valence-corrected chi connectivity index (χ0v) is 10.9. The van der Waals surface area contributed by atoms with Crippen LogP contribution in [0.25, 0.3) is 0 Å². The molecule has 0 radical (unpaired) electrons. The fraction of sp³-hybridized carbons (Fsp3) is 0.417. The van der Waals surface area contributed by atoms with E-state index in [4.69, 9.17) is 0 Å². The highest BCUT2D eigenvalue weighted by Crippen LogP contribution is 2.12. The van der Waals surface area contributed by atoms with Crippen molar-refractivity contribution >= 4 is 21.8 Å². The summed E-state index contributed by atoms with van der Waals surface area (Å²) >= 11 is 3.32. The second-order valence-corrected chi connectivity index (χ2v) is 4.98. The zero-order chi connectivity index (χ0) is 12.1. The average Bonchev–Trinajstić information content (AvgIpc) is 2.26. The minimum atomic E-state index is -0.268. The van der Waals surface area contributed by atoms with Crippen molar-refractivity contribution < 1.29 is 9.18 Å². The summed E-state index contributed by atoms with van der Waals surface area (Å²) in [6, 6.07) is 6.09. The lowest BCUT2D eigenvalue weighted by molar-refractivity contribution is -0.121. The van der Waals surface area contributed by atoms with Crippen molar-refractivity contribution in [2.24, 2.45) is 5.92 Å². The van der Waals surface area contributed by atoms with Crippen LogP contribution < -0.4 is 5.32 Å². The third-order valence-electron chi connectivity index (χ3n) is 2.22. The van der Waals surface area contributed by atoms with Gasteiger partial charge in [-0.25, -0.2) is 4.39 Å². The Balaban J connectivity index is 2.46. The largest absolute Gasteiger partial charge is 0.351 e. The van der Waals surface area contributed by atoms with Crippen molar-refractivity contribution in [3.63, 3.8) is 0 Å². The maximum atomic E-state index is 12.6. The Morgan fingerprint density at radius 1 is 1.38 bits per heavy atom. The number of hydrogen-bond donors (Lipinski definition) is 1. The predicted molar refractivity (Wildman–Crippen MR) is 65.8 cm³/mol. The van der Waals surface area contributed by atoms with Crippen molar-refractivity contribution in [3.8, 4) is 0 Å². The average molecular weight is 288 g/mol. The van der Waals surface area contributed by atoms with Gasteiger partial charge in [-0.15, -0.1) is 0 Å². The molecule has 0 aliphatic heterocycles.